The summed E-state index contributed by atoms with van der Waals surface area (Å²) in [5.74, 6) is 0.416. The van der Waals surface area contributed by atoms with E-state index in [4.69, 9.17) is 14.2 Å². The largest absolute Gasteiger partial charge is 0.493 e. The maximum absolute atomic E-state index is 13.3. The van der Waals surface area contributed by atoms with E-state index in [1.54, 1.807) is 26.0 Å². The molecular weight excluding hydrogens is 372 g/mol. The normalized spacial score (nSPS) is 19.0. The molecule has 3 rings (SSSR count). The first-order valence-corrected chi connectivity index (χ1v) is 10.2. The predicted octanol–water partition coefficient (Wildman–Crippen LogP) is 1.46. The number of allylic oxidation sites excluding steroid dienone is 1. The monoisotopic (exact) mass is 396 g/mol. The third kappa shape index (κ3) is 3.14. The highest BCUT2D eigenvalue weighted by Gasteiger charge is 2.41. The molecule has 9 heteroatoms. The van der Waals surface area contributed by atoms with Gasteiger partial charge in [-0.3, -0.25) is 9.10 Å². The maximum Gasteiger partial charge on any atom is 0.270 e. The minimum absolute atomic E-state index is 0.189. The lowest BCUT2D eigenvalue weighted by Crippen LogP contribution is -2.46. The van der Waals surface area contributed by atoms with E-state index in [0.29, 0.717) is 54.6 Å². The number of ether oxygens (including phenoxy) is 3. The quantitative estimate of drug-likeness (QED) is 0.766. The summed E-state index contributed by atoms with van der Waals surface area (Å²) in [6, 6.07) is 3.35. The number of rotatable bonds is 4. The van der Waals surface area contributed by atoms with Crippen LogP contribution < -0.4 is 13.8 Å². The van der Waals surface area contributed by atoms with Crippen LogP contribution in [0.1, 0.15) is 19.4 Å². The van der Waals surface area contributed by atoms with Crippen molar-refractivity contribution in [2.24, 2.45) is 0 Å². The first kappa shape index (κ1) is 19.5. The Morgan fingerprint density at radius 3 is 2.30 bits per heavy atom. The van der Waals surface area contributed by atoms with Crippen molar-refractivity contribution in [2.75, 3.05) is 51.4 Å². The number of carbonyl (C=O) groups excluding carboxylic acids is 1. The summed E-state index contributed by atoms with van der Waals surface area (Å²) in [6.45, 7) is 5.12. The van der Waals surface area contributed by atoms with Crippen molar-refractivity contribution in [3.63, 3.8) is 0 Å². The fraction of sp³-hybridized carbons (Fsp3) is 0.500. The van der Waals surface area contributed by atoms with Crippen LogP contribution in [0, 0.1) is 0 Å². The Morgan fingerprint density at radius 1 is 1.15 bits per heavy atom. The molecule has 0 aromatic heterocycles. The Labute approximate surface area is 159 Å². The summed E-state index contributed by atoms with van der Waals surface area (Å²) in [5.41, 5.74) is 1.53. The van der Waals surface area contributed by atoms with Crippen molar-refractivity contribution < 1.29 is 27.4 Å². The Kier molecular flexibility index (Phi) is 5.34. The van der Waals surface area contributed by atoms with E-state index >= 15 is 0 Å². The second-order valence-electron chi connectivity index (χ2n) is 6.25. The smallest absolute Gasteiger partial charge is 0.270 e. The van der Waals surface area contributed by atoms with Gasteiger partial charge < -0.3 is 19.1 Å². The first-order chi connectivity index (χ1) is 12.9. The van der Waals surface area contributed by atoms with Crippen LogP contribution in [0.25, 0.3) is 5.57 Å². The van der Waals surface area contributed by atoms with Crippen LogP contribution in [0.4, 0.5) is 5.69 Å². The zero-order chi connectivity index (χ0) is 19.8. The van der Waals surface area contributed by atoms with Crippen LogP contribution in [-0.4, -0.2) is 66.3 Å². The van der Waals surface area contributed by atoms with Gasteiger partial charge >= 0.3 is 0 Å². The number of sulfonamides is 1. The van der Waals surface area contributed by atoms with Gasteiger partial charge in [0.05, 0.1) is 33.1 Å². The zero-order valence-electron chi connectivity index (χ0n) is 15.9. The summed E-state index contributed by atoms with van der Waals surface area (Å²) >= 11 is 0. The Morgan fingerprint density at radius 2 is 1.74 bits per heavy atom. The van der Waals surface area contributed by atoms with E-state index in [1.165, 1.54) is 23.4 Å². The van der Waals surface area contributed by atoms with Gasteiger partial charge in [-0.1, -0.05) is 0 Å². The van der Waals surface area contributed by atoms with Crippen LogP contribution in [0.5, 0.6) is 11.5 Å². The van der Waals surface area contributed by atoms with E-state index in [9.17, 15) is 13.2 Å². The average molecular weight is 396 g/mol. The molecule has 0 unspecified atom stereocenters. The number of hydrogen-bond donors (Lipinski definition) is 0. The molecule has 0 radical (unpaired) electrons. The standard InChI is InChI=1S/C18H24N2O6S/c1-5-20-14-11-16(25-4)15(24-3)10-13(14)12(2)17(27(20,22)23)18(21)19-6-8-26-9-7-19/h10-11H,5-9H2,1-4H3. The third-order valence-corrected chi connectivity index (χ3v) is 6.87. The number of nitrogens with zero attached hydrogens (tertiary/aromatic N) is 2. The number of carbonyl (C=O) groups is 1. The first-order valence-electron chi connectivity index (χ1n) is 8.73. The number of fused-ring (bicyclic) bond motifs is 1. The maximum atomic E-state index is 13.3. The van der Waals surface area contributed by atoms with E-state index in [0.717, 1.165) is 0 Å². The van der Waals surface area contributed by atoms with Crippen molar-refractivity contribution in [3.8, 4) is 11.5 Å². The molecule has 0 saturated carbocycles. The molecule has 1 saturated heterocycles. The SMILES string of the molecule is CCN1c2cc(OC)c(OC)cc2C(C)=C(C(=O)N2CCOCC2)S1(=O)=O. The average Bonchev–Trinajstić information content (AvgIpc) is 2.67. The van der Waals surface area contributed by atoms with Gasteiger partial charge in [0.15, 0.2) is 16.4 Å². The molecule has 0 bridgehead atoms. The molecule has 1 amide bonds. The number of anilines is 1. The summed E-state index contributed by atoms with van der Waals surface area (Å²) in [5, 5.41) is 0. The molecule has 8 nitrogen and oxygen atoms in total. The molecule has 27 heavy (non-hydrogen) atoms. The molecular formula is C18H24N2O6S. The molecule has 0 atom stereocenters. The van der Waals surface area contributed by atoms with Gasteiger partial charge in [-0.05, 0) is 25.5 Å². The van der Waals surface area contributed by atoms with Crippen LogP contribution in [0.15, 0.2) is 17.0 Å². The van der Waals surface area contributed by atoms with Crippen molar-refractivity contribution in [1.82, 2.24) is 4.90 Å². The molecule has 148 valence electrons. The molecule has 1 aromatic carbocycles. The van der Waals surface area contributed by atoms with Gasteiger partial charge in [0.1, 0.15) is 0 Å². The second kappa shape index (κ2) is 7.40. The van der Waals surface area contributed by atoms with Crippen LogP contribution in [0.3, 0.4) is 0 Å². The van der Waals surface area contributed by atoms with Gasteiger partial charge in [-0.2, -0.15) is 0 Å². The lowest BCUT2D eigenvalue weighted by atomic mass is 10.0. The Bertz CT molecular complexity index is 887. The molecule has 2 aliphatic rings. The topological polar surface area (TPSA) is 85.4 Å². The van der Waals surface area contributed by atoms with Crippen LogP contribution in [-0.2, 0) is 19.6 Å². The summed E-state index contributed by atoms with van der Waals surface area (Å²) in [4.78, 5) is 14.4. The molecule has 0 aliphatic carbocycles. The van der Waals surface area contributed by atoms with Crippen molar-refractivity contribution in [1.29, 1.82) is 0 Å². The van der Waals surface area contributed by atoms with Crippen molar-refractivity contribution >= 4 is 27.2 Å². The number of methoxy groups -OCH3 is 2. The van der Waals surface area contributed by atoms with E-state index in [-0.39, 0.29) is 11.4 Å². The van der Waals surface area contributed by atoms with Crippen molar-refractivity contribution in [3.05, 3.63) is 22.6 Å². The predicted molar refractivity (Wildman–Crippen MR) is 101 cm³/mol. The van der Waals surface area contributed by atoms with Crippen LogP contribution >= 0.6 is 0 Å². The summed E-state index contributed by atoms with van der Waals surface area (Å²) < 4.78 is 43.7. The van der Waals surface area contributed by atoms with Gasteiger partial charge in [-0.15, -0.1) is 0 Å². The lowest BCUT2D eigenvalue weighted by Gasteiger charge is -2.35. The number of benzene rings is 1. The minimum Gasteiger partial charge on any atom is -0.493 e. The second-order valence-corrected chi connectivity index (χ2v) is 8.05. The number of hydrogen-bond acceptors (Lipinski definition) is 6. The van der Waals surface area contributed by atoms with Gasteiger partial charge in [0.25, 0.3) is 15.9 Å². The molecule has 1 aromatic rings. The third-order valence-electron chi connectivity index (χ3n) is 4.84. The van der Waals surface area contributed by atoms with E-state index in [2.05, 4.69) is 0 Å². The Balaban J connectivity index is 2.22. The zero-order valence-corrected chi connectivity index (χ0v) is 16.8. The fourth-order valence-corrected chi connectivity index (χ4v) is 5.27. The molecule has 1 fully saturated rings. The Hall–Kier alpha value is -2.26. The van der Waals surface area contributed by atoms with E-state index < -0.39 is 15.9 Å². The van der Waals surface area contributed by atoms with Crippen molar-refractivity contribution in [2.45, 2.75) is 13.8 Å². The highest BCUT2D eigenvalue weighted by Crippen LogP contribution is 2.45. The van der Waals surface area contributed by atoms with Gasteiger partial charge in [-0.25, -0.2) is 8.42 Å². The van der Waals surface area contributed by atoms with E-state index in [1.807, 2.05) is 0 Å². The fourth-order valence-electron chi connectivity index (χ4n) is 3.45. The lowest BCUT2D eigenvalue weighted by molar-refractivity contribution is -0.130. The number of amides is 1. The van der Waals surface area contributed by atoms with Crippen LogP contribution in [0.2, 0.25) is 0 Å². The molecule has 0 N–H and O–H groups in total. The van der Waals surface area contributed by atoms with Gasteiger partial charge in [0.2, 0.25) is 0 Å². The molecule has 2 aliphatic heterocycles. The highest BCUT2D eigenvalue weighted by molar-refractivity contribution is 7.97. The highest BCUT2D eigenvalue weighted by atomic mass is 32.2. The summed E-state index contributed by atoms with van der Waals surface area (Å²) in [6.07, 6.45) is 0. The molecule has 2 heterocycles. The number of morpholine rings is 1. The molecule has 0 spiro atoms. The van der Waals surface area contributed by atoms with Gasteiger partial charge in [0, 0.05) is 31.3 Å². The summed E-state index contributed by atoms with van der Waals surface area (Å²) in [7, 11) is -0.977. The minimum atomic E-state index is -3.99.